The number of benzene rings is 1. The molecule has 0 saturated heterocycles. The van der Waals surface area contributed by atoms with Crippen LogP contribution in [0.5, 0.6) is 0 Å². The van der Waals surface area contributed by atoms with Gasteiger partial charge in [0.15, 0.2) is 11.5 Å². The minimum absolute atomic E-state index is 0.461. The van der Waals surface area contributed by atoms with Gasteiger partial charge in [-0.3, -0.25) is 0 Å². The highest BCUT2D eigenvalue weighted by Gasteiger charge is 2.17. The highest BCUT2D eigenvalue weighted by Crippen LogP contribution is 2.32. The van der Waals surface area contributed by atoms with Crippen molar-refractivity contribution in [3.05, 3.63) is 72.7 Å². The Bertz CT molecular complexity index is 919. The molecule has 0 amide bonds. The van der Waals surface area contributed by atoms with E-state index in [0.29, 0.717) is 11.7 Å². The van der Waals surface area contributed by atoms with E-state index in [1.54, 1.807) is 0 Å². The molecule has 2 heterocycles. The third kappa shape index (κ3) is 2.67. The van der Waals surface area contributed by atoms with Gasteiger partial charge in [-0.15, -0.1) is 5.10 Å². The van der Waals surface area contributed by atoms with Gasteiger partial charge >= 0.3 is 0 Å². The van der Waals surface area contributed by atoms with E-state index in [1.165, 1.54) is 30.4 Å². The molecule has 0 unspecified atom stereocenters. The van der Waals surface area contributed by atoms with Crippen LogP contribution in [-0.4, -0.2) is 14.6 Å². The maximum atomic E-state index is 4.71. The van der Waals surface area contributed by atoms with Crippen LogP contribution in [0.15, 0.2) is 61.3 Å². The molecule has 0 radical (unpaired) electrons. The van der Waals surface area contributed by atoms with Gasteiger partial charge < -0.3 is 0 Å². The van der Waals surface area contributed by atoms with Crippen LogP contribution in [0.25, 0.3) is 22.3 Å². The van der Waals surface area contributed by atoms with Crippen molar-refractivity contribution in [1.82, 2.24) is 14.6 Å². The maximum absolute atomic E-state index is 4.71. The summed E-state index contributed by atoms with van der Waals surface area (Å²) in [6.45, 7) is 5.93. The molecular formula is C21H21N3. The second kappa shape index (κ2) is 6.08. The van der Waals surface area contributed by atoms with Gasteiger partial charge in [0.25, 0.3) is 0 Å². The number of pyridine rings is 1. The Morgan fingerprint density at radius 3 is 2.79 bits per heavy atom. The molecule has 3 heteroatoms. The van der Waals surface area contributed by atoms with Crippen molar-refractivity contribution >= 4 is 11.2 Å². The largest absolute Gasteiger partial charge is 0.220 e. The van der Waals surface area contributed by atoms with Crippen LogP contribution in [0.4, 0.5) is 0 Å². The Labute approximate surface area is 142 Å². The molecule has 1 aromatic carbocycles. The topological polar surface area (TPSA) is 30.2 Å². The summed E-state index contributed by atoms with van der Waals surface area (Å²) in [5, 5.41) is 4.64. The van der Waals surface area contributed by atoms with Crippen LogP contribution in [-0.2, 0) is 0 Å². The van der Waals surface area contributed by atoms with Crippen molar-refractivity contribution in [2.45, 2.75) is 32.1 Å². The van der Waals surface area contributed by atoms with E-state index in [2.05, 4.69) is 60.4 Å². The van der Waals surface area contributed by atoms with E-state index in [4.69, 9.17) is 4.98 Å². The molecule has 3 aromatic rings. The lowest BCUT2D eigenvalue weighted by Gasteiger charge is -2.18. The number of aromatic nitrogens is 3. The second-order valence-corrected chi connectivity index (χ2v) is 6.50. The molecule has 4 rings (SSSR count). The van der Waals surface area contributed by atoms with Crippen LogP contribution < -0.4 is 0 Å². The SMILES string of the molecule is C=C(C)c1nc2c(-c3ccccc3)cc([C@@H]3C=CCCC3)cn2n1. The monoisotopic (exact) mass is 315 g/mol. The Hall–Kier alpha value is -2.68. The van der Waals surface area contributed by atoms with E-state index in [1.807, 2.05) is 17.5 Å². The van der Waals surface area contributed by atoms with Crippen molar-refractivity contribution in [3.8, 4) is 11.1 Å². The van der Waals surface area contributed by atoms with Crippen molar-refractivity contribution < 1.29 is 0 Å². The molecule has 0 bridgehead atoms. The first-order valence-corrected chi connectivity index (χ1v) is 8.50. The highest BCUT2D eigenvalue weighted by molar-refractivity contribution is 5.79. The van der Waals surface area contributed by atoms with Gasteiger partial charge in [-0.05, 0) is 49.0 Å². The van der Waals surface area contributed by atoms with Gasteiger partial charge in [-0.1, -0.05) is 49.1 Å². The number of nitrogens with zero attached hydrogens (tertiary/aromatic N) is 3. The first-order valence-electron chi connectivity index (χ1n) is 8.50. The van der Waals surface area contributed by atoms with Gasteiger partial charge in [0, 0.05) is 17.7 Å². The fraction of sp³-hybridized carbons (Fsp3) is 0.238. The molecule has 120 valence electrons. The van der Waals surface area contributed by atoms with E-state index >= 15 is 0 Å². The molecule has 24 heavy (non-hydrogen) atoms. The van der Waals surface area contributed by atoms with Crippen LogP contribution >= 0.6 is 0 Å². The van der Waals surface area contributed by atoms with Crippen molar-refractivity contribution in [2.24, 2.45) is 0 Å². The number of hydrogen-bond acceptors (Lipinski definition) is 2. The molecule has 0 aliphatic heterocycles. The summed E-state index contributed by atoms with van der Waals surface area (Å²) in [7, 11) is 0. The van der Waals surface area contributed by atoms with Crippen molar-refractivity contribution in [1.29, 1.82) is 0 Å². The quantitative estimate of drug-likeness (QED) is 0.618. The average Bonchev–Trinajstić information content (AvgIpc) is 3.07. The fourth-order valence-corrected chi connectivity index (χ4v) is 3.31. The standard InChI is InChI=1S/C21H21N3/c1-15(2)20-22-21-19(17-11-7-4-8-12-17)13-18(14-24(21)23-20)16-9-5-3-6-10-16/h4-5,7-9,11-14,16H,1,3,6,10H2,2H3/t16-/m1/s1. The fourth-order valence-electron chi connectivity index (χ4n) is 3.31. The van der Waals surface area contributed by atoms with Crippen molar-refractivity contribution in [2.75, 3.05) is 0 Å². The van der Waals surface area contributed by atoms with E-state index < -0.39 is 0 Å². The first kappa shape index (κ1) is 14.9. The van der Waals surface area contributed by atoms with Gasteiger partial charge in [0.05, 0.1) is 0 Å². The smallest absolute Gasteiger partial charge is 0.177 e. The molecule has 0 fully saturated rings. The predicted molar refractivity (Wildman–Crippen MR) is 98.9 cm³/mol. The molecule has 0 N–H and O–H groups in total. The molecule has 0 spiro atoms. The van der Waals surface area contributed by atoms with Crippen LogP contribution in [0.1, 0.15) is 43.5 Å². The van der Waals surface area contributed by atoms with Gasteiger partial charge in [-0.25, -0.2) is 9.50 Å². The number of allylic oxidation sites excluding steroid dienone is 3. The zero-order chi connectivity index (χ0) is 16.5. The molecular weight excluding hydrogens is 294 g/mol. The summed E-state index contributed by atoms with van der Waals surface area (Å²) >= 11 is 0. The highest BCUT2D eigenvalue weighted by atomic mass is 15.3. The second-order valence-electron chi connectivity index (χ2n) is 6.50. The first-order chi connectivity index (χ1) is 11.7. The summed E-state index contributed by atoms with van der Waals surface area (Å²) in [6, 6.07) is 12.7. The van der Waals surface area contributed by atoms with Crippen LogP contribution in [0.3, 0.4) is 0 Å². The van der Waals surface area contributed by atoms with Gasteiger partial charge in [0.2, 0.25) is 0 Å². The molecule has 3 nitrogen and oxygen atoms in total. The van der Waals surface area contributed by atoms with Crippen LogP contribution in [0.2, 0.25) is 0 Å². The third-order valence-electron chi connectivity index (χ3n) is 4.60. The predicted octanol–water partition coefficient (Wildman–Crippen LogP) is 5.25. The average molecular weight is 315 g/mol. The van der Waals surface area contributed by atoms with Gasteiger partial charge in [0.1, 0.15) is 0 Å². The Morgan fingerprint density at radius 2 is 2.08 bits per heavy atom. The van der Waals surface area contributed by atoms with E-state index in [9.17, 15) is 0 Å². The summed E-state index contributed by atoms with van der Waals surface area (Å²) in [5.41, 5.74) is 5.38. The maximum Gasteiger partial charge on any atom is 0.177 e. The summed E-state index contributed by atoms with van der Waals surface area (Å²) in [4.78, 5) is 4.71. The van der Waals surface area contributed by atoms with E-state index in [0.717, 1.165) is 16.8 Å². The summed E-state index contributed by atoms with van der Waals surface area (Å²) in [6.07, 6.45) is 10.4. The summed E-state index contributed by atoms with van der Waals surface area (Å²) < 4.78 is 1.92. The minimum Gasteiger partial charge on any atom is -0.220 e. The third-order valence-corrected chi connectivity index (χ3v) is 4.60. The lowest BCUT2D eigenvalue weighted by Crippen LogP contribution is -2.03. The van der Waals surface area contributed by atoms with Crippen molar-refractivity contribution in [3.63, 3.8) is 0 Å². The number of rotatable bonds is 3. The zero-order valence-electron chi connectivity index (χ0n) is 13.9. The molecule has 0 saturated carbocycles. The Kier molecular flexibility index (Phi) is 3.77. The number of hydrogen-bond donors (Lipinski definition) is 0. The molecule has 1 aliphatic carbocycles. The zero-order valence-corrected chi connectivity index (χ0v) is 13.9. The Morgan fingerprint density at radius 1 is 1.25 bits per heavy atom. The number of fused-ring (bicyclic) bond motifs is 1. The summed E-state index contributed by atoms with van der Waals surface area (Å²) in [5.74, 6) is 1.17. The lowest BCUT2D eigenvalue weighted by molar-refractivity contribution is 0.650. The molecule has 1 aliphatic rings. The minimum atomic E-state index is 0.461. The van der Waals surface area contributed by atoms with Gasteiger partial charge in [-0.2, -0.15) is 0 Å². The lowest BCUT2D eigenvalue weighted by atomic mass is 9.89. The molecule has 2 aromatic heterocycles. The van der Waals surface area contributed by atoms with Crippen LogP contribution in [0, 0.1) is 0 Å². The van der Waals surface area contributed by atoms with E-state index in [-0.39, 0.29) is 0 Å². The normalized spacial score (nSPS) is 17.3. The Balaban J connectivity index is 1.94. The molecule has 1 atom stereocenters.